The van der Waals surface area contributed by atoms with Crippen molar-refractivity contribution >= 4 is 23.2 Å². The van der Waals surface area contributed by atoms with Crippen molar-refractivity contribution in [3.63, 3.8) is 0 Å². The minimum absolute atomic E-state index is 0.214. The molecule has 0 heterocycles. The Bertz CT molecular complexity index is 717. The summed E-state index contributed by atoms with van der Waals surface area (Å²) in [4.78, 5) is 12.2. The van der Waals surface area contributed by atoms with E-state index in [4.69, 9.17) is 16.9 Å². The molecule has 3 nitrogen and oxygen atoms in total. The van der Waals surface area contributed by atoms with Gasteiger partial charge in [0.15, 0.2) is 0 Å². The fraction of sp³-hybridized carbons (Fsp3) is 0.125. The van der Waals surface area contributed by atoms with Crippen molar-refractivity contribution in [2.45, 2.75) is 13.8 Å². The number of hydrogen-bond donors (Lipinski definition) is 1. The van der Waals surface area contributed by atoms with Crippen LogP contribution in [0.4, 0.5) is 5.69 Å². The maximum Gasteiger partial charge on any atom is 0.255 e. The third kappa shape index (κ3) is 2.98. The molecule has 1 N–H and O–H groups in total. The lowest BCUT2D eigenvalue weighted by atomic mass is 10.1. The molecule has 0 saturated carbocycles. The van der Waals surface area contributed by atoms with E-state index in [1.54, 1.807) is 18.2 Å². The average molecular weight is 285 g/mol. The first-order valence-electron chi connectivity index (χ1n) is 6.09. The molecule has 2 rings (SSSR count). The summed E-state index contributed by atoms with van der Waals surface area (Å²) in [5.41, 5.74) is 3.58. The van der Waals surface area contributed by atoms with E-state index in [1.165, 1.54) is 6.07 Å². The first-order chi connectivity index (χ1) is 9.51. The molecule has 0 fully saturated rings. The molecular weight excluding hydrogens is 272 g/mol. The van der Waals surface area contributed by atoms with E-state index in [0.29, 0.717) is 21.8 Å². The van der Waals surface area contributed by atoms with Gasteiger partial charge >= 0.3 is 0 Å². The summed E-state index contributed by atoms with van der Waals surface area (Å²) in [6.45, 7) is 3.87. The predicted octanol–water partition coefficient (Wildman–Crippen LogP) is 4.08. The SMILES string of the molecule is Cc1ccc(C(=O)Nc2ccc(C#N)cc2Cl)c(C)c1. The van der Waals surface area contributed by atoms with Crippen molar-refractivity contribution in [3.8, 4) is 6.07 Å². The number of carbonyl (C=O) groups excluding carboxylic acids is 1. The van der Waals surface area contributed by atoms with E-state index < -0.39 is 0 Å². The van der Waals surface area contributed by atoms with E-state index in [1.807, 2.05) is 32.0 Å². The minimum atomic E-state index is -0.214. The molecule has 2 aromatic rings. The van der Waals surface area contributed by atoms with Crippen LogP contribution in [0.3, 0.4) is 0 Å². The summed E-state index contributed by atoms with van der Waals surface area (Å²) in [6, 6.07) is 12.4. The molecule has 0 bridgehead atoms. The molecule has 2 aromatic carbocycles. The van der Waals surface area contributed by atoms with Crippen molar-refractivity contribution < 1.29 is 4.79 Å². The number of halogens is 1. The lowest BCUT2D eigenvalue weighted by molar-refractivity contribution is 0.102. The van der Waals surface area contributed by atoms with Crippen LogP contribution in [0.15, 0.2) is 36.4 Å². The third-order valence-corrected chi connectivity index (χ3v) is 3.29. The lowest BCUT2D eigenvalue weighted by Crippen LogP contribution is -2.13. The zero-order chi connectivity index (χ0) is 14.7. The van der Waals surface area contributed by atoms with E-state index in [9.17, 15) is 4.79 Å². The van der Waals surface area contributed by atoms with Crippen LogP contribution < -0.4 is 5.32 Å². The van der Waals surface area contributed by atoms with Gasteiger partial charge in [-0.05, 0) is 43.7 Å². The van der Waals surface area contributed by atoms with Gasteiger partial charge in [-0.15, -0.1) is 0 Å². The van der Waals surface area contributed by atoms with Crippen LogP contribution in [-0.4, -0.2) is 5.91 Å². The topological polar surface area (TPSA) is 52.9 Å². The molecule has 0 unspecified atom stereocenters. The van der Waals surface area contributed by atoms with Crippen molar-refractivity contribution in [1.82, 2.24) is 0 Å². The Morgan fingerprint density at radius 3 is 2.55 bits per heavy atom. The first kappa shape index (κ1) is 14.1. The number of aryl methyl sites for hydroxylation is 2. The van der Waals surface area contributed by atoms with Gasteiger partial charge in [-0.1, -0.05) is 29.3 Å². The van der Waals surface area contributed by atoms with Gasteiger partial charge in [0.1, 0.15) is 0 Å². The second-order valence-electron chi connectivity index (χ2n) is 4.58. The van der Waals surface area contributed by atoms with Crippen LogP contribution in [0.5, 0.6) is 0 Å². The van der Waals surface area contributed by atoms with Gasteiger partial charge in [-0.2, -0.15) is 5.26 Å². The lowest BCUT2D eigenvalue weighted by Gasteiger charge is -2.10. The number of amides is 1. The van der Waals surface area contributed by atoms with Crippen molar-refractivity contribution in [1.29, 1.82) is 5.26 Å². The monoisotopic (exact) mass is 284 g/mol. The molecule has 0 aliphatic carbocycles. The van der Waals surface area contributed by atoms with Crippen molar-refractivity contribution in [2.75, 3.05) is 5.32 Å². The van der Waals surface area contributed by atoms with E-state index in [0.717, 1.165) is 11.1 Å². The fourth-order valence-corrected chi connectivity index (χ4v) is 2.17. The summed E-state index contributed by atoms with van der Waals surface area (Å²) in [5.74, 6) is -0.214. The van der Waals surface area contributed by atoms with Gasteiger partial charge in [-0.3, -0.25) is 4.79 Å². The summed E-state index contributed by atoms with van der Waals surface area (Å²) in [5, 5.41) is 11.9. The normalized spacial score (nSPS) is 9.90. The molecule has 0 aromatic heterocycles. The van der Waals surface area contributed by atoms with E-state index >= 15 is 0 Å². The van der Waals surface area contributed by atoms with Crippen molar-refractivity contribution in [3.05, 3.63) is 63.7 Å². The quantitative estimate of drug-likeness (QED) is 0.903. The number of rotatable bonds is 2. The number of carbonyl (C=O) groups is 1. The summed E-state index contributed by atoms with van der Waals surface area (Å²) < 4.78 is 0. The van der Waals surface area contributed by atoms with Gasteiger partial charge in [0.2, 0.25) is 0 Å². The Hall–Kier alpha value is -2.31. The van der Waals surface area contributed by atoms with Crippen LogP contribution in [0, 0.1) is 25.2 Å². The second kappa shape index (κ2) is 5.77. The van der Waals surface area contributed by atoms with Crippen LogP contribution >= 0.6 is 11.6 Å². The molecule has 0 aliphatic heterocycles. The number of nitrogens with one attached hydrogen (secondary N) is 1. The average Bonchev–Trinajstić information content (AvgIpc) is 2.40. The standard InChI is InChI=1S/C16H13ClN2O/c1-10-3-5-13(11(2)7-10)16(20)19-15-6-4-12(9-18)8-14(15)17/h3-8H,1-2H3,(H,19,20). The number of benzene rings is 2. The summed E-state index contributed by atoms with van der Waals surface area (Å²) >= 11 is 6.04. The van der Waals surface area contributed by atoms with Crippen LogP contribution in [0.25, 0.3) is 0 Å². The molecule has 0 saturated heterocycles. The Kier molecular flexibility index (Phi) is 4.07. The third-order valence-electron chi connectivity index (χ3n) is 2.97. The van der Waals surface area contributed by atoms with Gasteiger partial charge in [0.05, 0.1) is 22.3 Å². The Labute approximate surface area is 122 Å². The van der Waals surface area contributed by atoms with Crippen LogP contribution in [0.1, 0.15) is 27.0 Å². The number of anilines is 1. The van der Waals surface area contributed by atoms with Gasteiger partial charge in [-0.25, -0.2) is 0 Å². The molecule has 0 spiro atoms. The highest BCUT2D eigenvalue weighted by Gasteiger charge is 2.11. The highest BCUT2D eigenvalue weighted by molar-refractivity contribution is 6.34. The fourth-order valence-electron chi connectivity index (χ4n) is 1.94. The Morgan fingerprint density at radius 1 is 1.20 bits per heavy atom. The molecule has 20 heavy (non-hydrogen) atoms. The molecule has 0 aliphatic rings. The highest BCUT2D eigenvalue weighted by Crippen LogP contribution is 2.24. The molecular formula is C16H13ClN2O. The largest absolute Gasteiger partial charge is 0.321 e. The Balaban J connectivity index is 2.26. The van der Waals surface area contributed by atoms with Gasteiger partial charge in [0, 0.05) is 5.56 Å². The molecule has 1 amide bonds. The van der Waals surface area contributed by atoms with Gasteiger partial charge < -0.3 is 5.32 Å². The molecule has 100 valence electrons. The smallest absolute Gasteiger partial charge is 0.255 e. The first-order valence-corrected chi connectivity index (χ1v) is 6.47. The summed E-state index contributed by atoms with van der Waals surface area (Å²) in [6.07, 6.45) is 0. The molecule has 0 atom stereocenters. The van der Waals surface area contributed by atoms with Gasteiger partial charge in [0.25, 0.3) is 5.91 Å². The maximum absolute atomic E-state index is 12.2. The zero-order valence-electron chi connectivity index (χ0n) is 11.2. The van der Waals surface area contributed by atoms with E-state index in [2.05, 4.69) is 5.32 Å². The summed E-state index contributed by atoms with van der Waals surface area (Å²) in [7, 11) is 0. The van der Waals surface area contributed by atoms with Crippen LogP contribution in [0.2, 0.25) is 5.02 Å². The number of nitrogens with zero attached hydrogens (tertiary/aromatic N) is 1. The zero-order valence-corrected chi connectivity index (χ0v) is 12.0. The maximum atomic E-state index is 12.2. The number of hydrogen-bond acceptors (Lipinski definition) is 2. The van der Waals surface area contributed by atoms with E-state index in [-0.39, 0.29) is 5.91 Å². The molecule has 0 radical (unpaired) electrons. The number of nitriles is 1. The highest BCUT2D eigenvalue weighted by atomic mass is 35.5. The van der Waals surface area contributed by atoms with Crippen molar-refractivity contribution in [2.24, 2.45) is 0 Å². The minimum Gasteiger partial charge on any atom is -0.321 e. The Morgan fingerprint density at radius 2 is 1.95 bits per heavy atom. The second-order valence-corrected chi connectivity index (χ2v) is 4.99. The molecule has 4 heteroatoms. The predicted molar refractivity (Wildman–Crippen MR) is 80.0 cm³/mol. The van der Waals surface area contributed by atoms with Crippen LogP contribution in [-0.2, 0) is 0 Å².